The molecule has 0 aliphatic carbocycles. The Bertz CT molecular complexity index is 667. The predicted octanol–water partition coefficient (Wildman–Crippen LogP) is 3.94. The lowest BCUT2D eigenvalue weighted by molar-refractivity contribution is -0.121. The first-order valence-electron chi connectivity index (χ1n) is 8.56. The summed E-state index contributed by atoms with van der Waals surface area (Å²) in [5.41, 5.74) is 2.23. The van der Waals surface area contributed by atoms with Gasteiger partial charge in [-0.25, -0.2) is 0 Å². The van der Waals surface area contributed by atoms with Crippen LogP contribution in [0.15, 0.2) is 48.5 Å². The third kappa shape index (κ3) is 6.24. The van der Waals surface area contributed by atoms with Gasteiger partial charge in [0.15, 0.2) is 11.5 Å². The molecule has 0 fully saturated rings. The first-order valence-corrected chi connectivity index (χ1v) is 8.56. The zero-order valence-electron chi connectivity index (χ0n) is 14.9. The minimum atomic E-state index is -0.0944. The van der Waals surface area contributed by atoms with Crippen LogP contribution in [0.4, 0.5) is 0 Å². The van der Waals surface area contributed by atoms with Gasteiger partial charge in [-0.1, -0.05) is 36.4 Å². The van der Waals surface area contributed by atoms with Gasteiger partial charge in [0.05, 0.1) is 13.2 Å². The fourth-order valence-electron chi connectivity index (χ4n) is 2.79. The summed E-state index contributed by atoms with van der Waals surface area (Å²) >= 11 is 0. The molecule has 4 heteroatoms. The third-order valence-electron chi connectivity index (χ3n) is 4.32. The minimum Gasteiger partial charge on any atom is -0.504 e. The Hall–Kier alpha value is -2.33. The van der Waals surface area contributed by atoms with Crippen molar-refractivity contribution in [1.29, 1.82) is 0 Å². The topological polar surface area (TPSA) is 55.8 Å². The fourth-order valence-corrected chi connectivity index (χ4v) is 2.79. The highest BCUT2D eigenvalue weighted by molar-refractivity contribution is 5.79. The smallest absolute Gasteiger partial charge is 0.160 e. The Morgan fingerprint density at radius 3 is 2.48 bits per heavy atom. The minimum absolute atomic E-state index is 0.0944. The van der Waals surface area contributed by atoms with E-state index >= 15 is 0 Å². The zero-order valence-corrected chi connectivity index (χ0v) is 14.9. The summed E-state index contributed by atoms with van der Waals surface area (Å²) in [6.45, 7) is 0. The van der Waals surface area contributed by atoms with Crippen molar-refractivity contribution in [1.82, 2.24) is 0 Å². The number of phenolic OH excluding ortho intramolecular Hbond substituents is 1. The number of hydrogen-bond acceptors (Lipinski definition) is 4. The number of benzene rings is 2. The van der Waals surface area contributed by atoms with Gasteiger partial charge in [0.25, 0.3) is 0 Å². The van der Waals surface area contributed by atoms with E-state index in [9.17, 15) is 9.90 Å². The molecular formula is C21H26O4. The van der Waals surface area contributed by atoms with E-state index in [-0.39, 0.29) is 17.6 Å². The van der Waals surface area contributed by atoms with Crippen LogP contribution in [0.25, 0.3) is 0 Å². The van der Waals surface area contributed by atoms with Crippen LogP contribution in [-0.2, 0) is 22.4 Å². The van der Waals surface area contributed by atoms with Crippen molar-refractivity contribution in [3.05, 3.63) is 59.7 Å². The summed E-state index contributed by atoms with van der Waals surface area (Å²) in [6.07, 6.45) is 3.16. The highest BCUT2D eigenvalue weighted by atomic mass is 16.5. The Morgan fingerprint density at radius 1 is 1.04 bits per heavy atom. The van der Waals surface area contributed by atoms with E-state index in [0.717, 1.165) is 24.8 Å². The second-order valence-corrected chi connectivity index (χ2v) is 6.13. The van der Waals surface area contributed by atoms with E-state index in [2.05, 4.69) is 0 Å². The van der Waals surface area contributed by atoms with Gasteiger partial charge in [0.2, 0.25) is 0 Å². The molecule has 0 aliphatic rings. The summed E-state index contributed by atoms with van der Waals surface area (Å²) < 4.78 is 10.6. The van der Waals surface area contributed by atoms with E-state index < -0.39 is 0 Å². The van der Waals surface area contributed by atoms with Crippen molar-refractivity contribution < 1.29 is 19.4 Å². The lowest BCUT2D eigenvalue weighted by Gasteiger charge is -2.15. The van der Waals surface area contributed by atoms with Gasteiger partial charge in [-0.2, -0.15) is 0 Å². The number of carbonyl (C=O) groups excluding carboxylic acids is 1. The second-order valence-electron chi connectivity index (χ2n) is 6.13. The van der Waals surface area contributed by atoms with Gasteiger partial charge in [-0.05, 0) is 42.5 Å². The number of aromatic hydroxyl groups is 1. The van der Waals surface area contributed by atoms with Crippen molar-refractivity contribution in [3.63, 3.8) is 0 Å². The van der Waals surface area contributed by atoms with Crippen molar-refractivity contribution in [2.75, 3.05) is 14.2 Å². The lowest BCUT2D eigenvalue weighted by Crippen LogP contribution is -2.17. The van der Waals surface area contributed by atoms with Crippen LogP contribution in [0.3, 0.4) is 0 Å². The molecule has 0 amide bonds. The van der Waals surface area contributed by atoms with E-state index in [1.54, 1.807) is 13.2 Å². The molecule has 0 aliphatic heterocycles. The molecule has 0 saturated carbocycles. The molecule has 0 heterocycles. The quantitative estimate of drug-likeness (QED) is 0.710. The van der Waals surface area contributed by atoms with Crippen LogP contribution >= 0.6 is 0 Å². The average Bonchev–Trinajstić information content (AvgIpc) is 2.65. The van der Waals surface area contributed by atoms with E-state index in [0.29, 0.717) is 18.6 Å². The fraction of sp³-hybridized carbons (Fsp3) is 0.381. The SMILES string of the molecule is COc1cc(CC[C@H](CC(=O)CCc2ccccc2)OC)ccc1O. The number of methoxy groups -OCH3 is 2. The molecule has 0 radical (unpaired) electrons. The highest BCUT2D eigenvalue weighted by Gasteiger charge is 2.14. The number of ketones is 1. The highest BCUT2D eigenvalue weighted by Crippen LogP contribution is 2.27. The van der Waals surface area contributed by atoms with Crippen LogP contribution in [0, 0.1) is 0 Å². The van der Waals surface area contributed by atoms with E-state index in [1.165, 1.54) is 12.7 Å². The van der Waals surface area contributed by atoms with E-state index in [1.807, 2.05) is 42.5 Å². The number of phenols is 1. The van der Waals surface area contributed by atoms with Crippen LogP contribution < -0.4 is 4.74 Å². The van der Waals surface area contributed by atoms with Crippen molar-refractivity contribution in [2.45, 2.75) is 38.2 Å². The van der Waals surface area contributed by atoms with Crippen molar-refractivity contribution in [3.8, 4) is 11.5 Å². The standard InChI is InChI=1S/C21H26O4/c1-24-19(12-9-17-10-13-20(23)21(14-17)25-2)15-18(22)11-8-16-6-4-3-5-7-16/h3-7,10,13-14,19,23H,8-9,11-12,15H2,1-2H3/t19-/m1/s1. The van der Waals surface area contributed by atoms with Gasteiger partial charge in [-0.3, -0.25) is 4.79 Å². The summed E-state index contributed by atoms with van der Waals surface area (Å²) in [4.78, 5) is 12.2. The number of Topliss-reactive ketones (excluding diaryl/α,β-unsaturated/α-hetero) is 1. The van der Waals surface area contributed by atoms with Gasteiger partial charge in [0, 0.05) is 20.0 Å². The molecule has 2 aromatic carbocycles. The summed E-state index contributed by atoms with van der Waals surface area (Å²) in [7, 11) is 3.18. The normalized spacial score (nSPS) is 11.9. The molecule has 0 spiro atoms. The molecule has 134 valence electrons. The number of hydrogen-bond donors (Lipinski definition) is 1. The van der Waals surface area contributed by atoms with Gasteiger partial charge in [-0.15, -0.1) is 0 Å². The van der Waals surface area contributed by atoms with Crippen LogP contribution in [0.2, 0.25) is 0 Å². The molecule has 0 saturated heterocycles. The number of ether oxygens (including phenoxy) is 2. The molecule has 25 heavy (non-hydrogen) atoms. The molecule has 0 aromatic heterocycles. The van der Waals surface area contributed by atoms with E-state index in [4.69, 9.17) is 9.47 Å². The molecule has 1 atom stereocenters. The monoisotopic (exact) mass is 342 g/mol. The Kier molecular flexibility index (Phi) is 7.48. The van der Waals surface area contributed by atoms with Crippen LogP contribution in [0.5, 0.6) is 11.5 Å². The van der Waals surface area contributed by atoms with Crippen molar-refractivity contribution >= 4 is 5.78 Å². The van der Waals surface area contributed by atoms with Gasteiger partial charge in [0.1, 0.15) is 5.78 Å². The van der Waals surface area contributed by atoms with Crippen LogP contribution in [-0.4, -0.2) is 31.2 Å². The molecule has 0 unspecified atom stereocenters. The molecular weight excluding hydrogens is 316 g/mol. The summed E-state index contributed by atoms with van der Waals surface area (Å²) in [5, 5.41) is 9.64. The van der Waals surface area contributed by atoms with Gasteiger partial charge >= 0.3 is 0 Å². The molecule has 4 nitrogen and oxygen atoms in total. The maximum absolute atomic E-state index is 12.2. The molecule has 2 aromatic rings. The lowest BCUT2D eigenvalue weighted by atomic mass is 10.00. The average molecular weight is 342 g/mol. The number of rotatable bonds is 10. The molecule has 1 N–H and O–H groups in total. The second kappa shape index (κ2) is 9.84. The van der Waals surface area contributed by atoms with Crippen LogP contribution in [0.1, 0.15) is 30.4 Å². The molecule has 2 rings (SSSR count). The zero-order chi connectivity index (χ0) is 18.1. The Labute approximate surface area is 149 Å². The predicted molar refractivity (Wildman–Crippen MR) is 98.2 cm³/mol. The maximum Gasteiger partial charge on any atom is 0.160 e. The number of aryl methyl sites for hydroxylation is 2. The van der Waals surface area contributed by atoms with Crippen molar-refractivity contribution in [2.24, 2.45) is 0 Å². The summed E-state index contributed by atoms with van der Waals surface area (Å²) in [5.74, 6) is 0.815. The maximum atomic E-state index is 12.2. The Balaban J connectivity index is 1.80. The third-order valence-corrected chi connectivity index (χ3v) is 4.32. The largest absolute Gasteiger partial charge is 0.504 e. The van der Waals surface area contributed by atoms with Gasteiger partial charge < -0.3 is 14.6 Å². The molecule has 0 bridgehead atoms. The Morgan fingerprint density at radius 2 is 1.80 bits per heavy atom. The number of carbonyl (C=O) groups is 1. The first kappa shape index (κ1) is 19.0. The summed E-state index contributed by atoms with van der Waals surface area (Å²) in [6, 6.07) is 15.3. The first-order chi connectivity index (χ1) is 12.1.